The molecule has 1 aliphatic heterocycles. The monoisotopic (exact) mass is 262 g/mol. The topological polar surface area (TPSA) is 75.7 Å². The molecule has 1 heterocycles. The van der Waals surface area contributed by atoms with Crippen LogP contribution in [0.3, 0.4) is 0 Å². The number of ether oxygens (including phenoxy) is 1. The van der Waals surface area contributed by atoms with Gasteiger partial charge in [-0.25, -0.2) is 0 Å². The summed E-state index contributed by atoms with van der Waals surface area (Å²) in [6, 6.07) is 7.16. The highest BCUT2D eigenvalue weighted by atomic mass is 16.5. The molecule has 0 aliphatic carbocycles. The van der Waals surface area contributed by atoms with E-state index in [0.29, 0.717) is 5.75 Å². The second-order valence-electron chi connectivity index (χ2n) is 4.21. The molecule has 6 nitrogen and oxygen atoms in total. The maximum absolute atomic E-state index is 12.1. The zero-order chi connectivity index (χ0) is 13.8. The van der Waals surface area contributed by atoms with E-state index in [-0.39, 0.29) is 25.4 Å². The Morgan fingerprint density at radius 2 is 1.89 bits per heavy atom. The minimum absolute atomic E-state index is 0.0836. The summed E-state index contributed by atoms with van der Waals surface area (Å²) in [5.74, 6) is -0.564. The fraction of sp³-hybridized carbons (Fsp3) is 0.308. The van der Waals surface area contributed by atoms with Crippen LogP contribution in [0.2, 0.25) is 0 Å². The molecule has 1 aromatic carbocycles. The number of piperazine rings is 1. The van der Waals surface area contributed by atoms with E-state index in [4.69, 9.17) is 4.74 Å². The summed E-state index contributed by atoms with van der Waals surface area (Å²) >= 11 is 0. The summed E-state index contributed by atoms with van der Waals surface area (Å²) in [7, 11) is 1.53. The first-order valence-electron chi connectivity index (χ1n) is 5.82. The molecule has 0 spiro atoms. The molecule has 3 amide bonds. The summed E-state index contributed by atoms with van der Waals surface area (Å²) in [4.78, 5) is 35.7. The van der Waals surface area contributed by atoms with Crippen molar-refractivity contribution in [2.24, 2.45) is 0 Å². The molecular weight excluding hydrogens is 248 g/mol. The standard InChI is InChI=1S/C13H14N2O4/c1-19-10-5-3-2-4-9(10)6-13(18)15-7-11(16)14-12(17)8-15/h2-5H,6-8H2,1H3,(H,14,16,17). The van der Waals surface area contributed by atoms with Crippen molar-refractivity contribution in [3.63, 3.8) is 0 Å². The van der Waals surface area contributed by atoms with Crippen LogP contribution in [0.25, 0.3) is 0 Å². The lowest BCUT2D eigenvalue weighted by Gasteiger charge is -2.25. The number of amides is 3. The first-order valence-corrected chi connectivity index (χ1v) is 5.82. The second-order valence-corrected chi connectivity index (χ2v) is 4.21. The lowest BCUT2D eigenvalue weighted by Crippen LogP contribution is -2.53. The van der Waals surface area contributed by atoms with Gasteiger partial charge in [0.05, 0.1) is 13.5 Å². The van der Waals surface area contributed by atoms with Crippen LogP contribution in [0, 0.1) is 0 Å². The Labute approximate surface area is 110 Å². The van der Waals surface area contributed by atoms with Gasteiger partial charge < -0.3 is 9.64 Å². The van der Waals surface area contributed by atoms with E-state index in [1.807, 2.05) is 6.07 Å². The largest absolute Gasteiger partial charge is 0.496 e. The molecule has 0 unspecified atom stereocenters. The van der Waals surface area contributed by atoms with E-state index >= 15 is 0 Å². The molecule has 1 N–H and O–H groups in total. The van der Waals surface area contributed by atoms with Gasteiger partial charge in [0.2, 0.25) is 17.7 Å². The highest BCUT2D eigenvalue weighted by molar-refractivity contribution is 6.02. The van der Waals surface area contributed by atoms with Crippen molar-refractivity contribution in [2.45, 2.75) is 6.42 Å². The highest BCUT2D eigenvalue weighted by Crippen LogP contribution is 2.18. The fourth-order valence-corrected chi connectivity index (χ4v) is 1.94. The van der Waals surface area contributed by atoms with E-state index in [1.54, 1.807) is 18.2 Å². The van der Waals surface area contributed by atoms with Gasteiger partial charge in [-0.05, 0) is 6.07 Å². The summed E-state index contributed by atoms with van der Waals surface area (Å²) in [5.41, 5.74) is 0.730. The quantitative estimate of drug-likeness (QED) is 0.760. The number of carbonyl (C=O) groups excluding carboxylic acids is 3. The summed E-state index contributed by atoms with van der Waals surface area (Å²) in [5, 5.41) is 2.15. The average molecular weight is 262 g/mol. The summed E-state index contributed by atoms with van der Waals surface area (Å²) in [6.45, 7) is -0.167. The molecular formula is C13H14N2O4. The van der Waals surface area contributed by atoms with Crippen molar-refractivity contribution < 1.29 is 19.1 Å². The molecule has 0 bridgehead atoms. The van der Waals surface area contributed by atoms with Crippen molar-refractivity contribution in [1.29, 1.82) is 0 Å². The van der Waals surface area contributed by atoms with Gasteiger partial charge in [0.25, 0.3) is 0 Å². The van der Waals surface area contributed by atoms with E-state index in [0.717, 1.165) is 5.56 Å². The third-order valence-electron chi connectivity index (χ3n) is 2.83. The Hall–Kier alpha value is -2.37. The smallest absolute Gasteiger partial charge is 0.246 e. The number of para-hydroxylation sites is 1. The Bertz CT molecular complexity index is 511. The van der Waals surface area contributed by atoms with Crippen LogP contribution < -0.4 is 10.1 Å². The Balaban J connectivity index is 2.08. The number of methoxy groups -OCH3 is 1. The molecule has 1 fully saturated rings. The van der Waals surface area contributed by atoms with Gasteiger partial charge in [-0.3, -0.25) is 19.7 Å². The van der Waals surface area contributed by atoms with E-state index < -0.39 is 11.8 Å². The highest BCUT2D eigenvalue weighted by Gasteiger charge is 2.26. The first-order chi connectivity index (χ1) is 9.10. The van der Waals surface area contributed by atoms with Gasteiger partial charge in [0.1, 0.15) is 18.8 Å². The number of nitrogens with one attached hydrogen (secondary N) is 1. The third kappa shape index (κ3) is 3.09. The fourth-order valence-electron chi connectivity index (χ4n) is 1.94. The summed E-state index contributed by atoms with van der Waals surface area (Å²) < 4.78 is 5.16. The molecule has 1 aliphatic rings. The maximum atomic E-state index is 12.1. The zero-order valence-electron chi connectivity index (χ0n) is 10.5. The zero-order valence-corrected chi connectivity index (χ0v) is 10.5. The molecule has 0 aromatic heterocycles. The third-order valence-corrected chi connectivity index (χ3v) is 2.83. The van der Waals surface area contributed by atoms with Gasteiger partial charge in [-0.1, -0.05) is 18.2 Å². The average Bonchev–Trinajstić information content (AvgIpc) is 2.38. The van der Waals surface area contributed by atoms with Gasteiger partial charge in [-0.15, -0.1) is 0 Å². The minimum atomic E-state index is -0.454. The molecule has 0 saturated carbocycles. The van der Waals surface area contributed by atoms with Gasteiger partial charge in [-0.2, -0.15) is 0 Å². The van der Waals surface area contributed by atoms with Gasteiger partial charge >= 0.3 is 0 Å². The maximum Gasteiger partial charge on any atom is 0.246 e. The second kappa shape index (κ2) is 5.51. The number of hydrogen-bond acceptors (Lipinski definition) is 4. The number of hydrogen-bond donors (Lipinski definition) is 1. The molecule has 6 heteroatoms. The first kappa shape index (κ1) is 13.1. The molecule has 1 saturated heterocycles. The van der Waals surface area contributed by atoms with Crippen LogP contribution in [0.5, 0.6) is 5.75 Å². The number of benzene rings is 1. The predicted octanol–water partition coefficient (Wildman–Crippen LogP) is -0.277. The van der Waals surface area contributed by atoms with Crippen LogP contribution in [0.4, 0.5) is 0 Å². The number of carbonyl (C=O) groups is 3. The van der Waals surface area contributed by atoms with Crippen LogP contribution >= 0.6 is 0 Å². The van der Waals surface area contributed by atoms with E-state index in [2.05, 4.69) is 5.32 Å². The van der Waals surface area contributed by atoms with Gasteiger partial charge in [0, 0.05) is 5.56 Å². The molecule has 100 valence electrons. The van der Waals surface area contributed by atoms with Crippen molar-refractivity contribution >= 4 is 17.7 Å². The Morgan fingerprint density at radius 3 is 2.53 bits per heavy atom. The Morgan fingerprint density at radius 1 is 1.26 bits per heavy atom. The predicted molar refractivity (Wildman–Crippen MR) is 66.4 cm³/mol. The number of nitrogens with zero attached hydrogens (tertiary/aromatic N) is 1. The van der Waals surface area contributed by atoms with Crippen LogP contribution in [0.1, 0.15) is 5.56 Å². The van der Waals surface area contributed by atoms with Crippen LogP contribution in [-0.4, -0.2) is 42.8 Å². The molecule has 0 radical (unpaired) electrons. The SMILES string of the molecule is COc1ccccc1CC(=O)N1CC(=O)NC(=O)C1. The van der Waals surface area contributed by atoms with E-state index in [1.165, 1.54) is 12.0 Å². The van der Waals surface area contributed by atoms with Crippen molar-refractivity contribution in [3.8, 4) is 5.75 Å². The minimum Gasteiger partial charge on any atom is -0.496 e. The molecule has 19 heavy (non-hydrogen) atoms. The lowest BCUT2D eigenvalue weighted by molar-refractivity contribution is -0.145. The van der Waals surface area contributed by atoms with Crippen molar-refractivity contribution in [3.05, 3.63) is 29.8 Å². The Kier molecular flexibility index (Phi) is 3.79. The van der Waals surface area contributed by atoms with Crippen LogP contribution in [0.15, 0.2) is 24.3 Å². The molecule has 0 atom stereocenters. The van der Waals surface area contributed by atoms with Crippen molar-refractivity contribution in [1.82, 2.24) is 10.2 Å². The lowest BCUT2D eigenvalue weighted by atomic mass is 10.1. The van der Waals surface area contributed by atoms with Crippen molar-refractivity contribution in [2.75, 3.05) is 20.2 Å². The number of rotatable bonds is 3. The molecule has 1 aromatic rings. The van der Waals surface area contributed by atoms with E-state index in [9.17, 15) is 14.4 Å². The number of imide groups is 1. The normalized spacial score (nSPS) is 15.1. The van der Waals surface area contributed by atoms with Crippen LogP contribution in [-0.2, 0) is 20.8 Å². The van der Waals surface area contributed by atoms with Gasteiger partial charge in [0.15, 0.2) is 0 Å². The molecule has 2 rings (SSSR count). The summed E-state index contributed by atoms with van der Waals surface area (Å²) in [6.07, 6.45) is 0.102.